The minimum Gasteiger partial charge on any atom is -0.508 e. The molecule has 2 rings (SSSR count). The van der Waals surface area contributed by atoms with E-state index in [0.717, 1.165) is 6.07 Å². The van der Waals surface area contributed by atoms with E-state index in [9.17, 15) is 19.8 Å². The molecule has 0 bridgehead atoms. The molecule has 116 valence electrons. The van der Waals surface area contributed by atoms with E-state index in [-0.39, 0.29) is 35.8 Å². The van der Waals surface area contributed by atoms with Crippen LogP contribution in [0, 0.1) is 6.92 Å². The van der Waals surface area contributed by atoms with E-state index in [1.807, 2.05) is 0 Å². The summed E-state index contributed by atoms with van der Waals surface area (Å²) in [6.45, 7) is 2.05. The van der Waals surface area contributed by atoms with Crippen molar-refractivity contribution in [1.82, 2.24) is 15.8 Å². The number of benzene rings is 1. The van der Waals surface area contributed by atoms with Gasteiger partial charge in [-0.3, -0.25) is 9.59 Å². The van der Waals surface area contributed by atoms with Gasteiger partial charge in [0.15, 0.2) is 5.69 Å². The smallest absolute Gasteiger partial charge is 0.273 e. The van der Waals surface area contributed by atoms with Crippen LogP contribution in [0.1, 0.15) is 26.6 Å². The Balaban J connectivity index is 1.78. The summed E-state index contributed by atoms with van der Waals surface area (Å²) in [5.41, 5.74) is 0.290. The van der Waals surface area contributed by atoms with Crippen molar-refractivity contribution in [2.45, 2.75) is 6.92 Å². The second-order valence-electron chi connectivity index (χ2n) is 4.57. The first kappa shape index (κ1) is 15.4. The van der Waals surface area contributed by atoms with Gasteiger partial charge in [-0.05, 0) is 19.1 Å². The molecule has 22 heavy (non-hydrogen) atoms. The van der Waals surface area contributed by atoms with Crippen LogP contribution in [-0.2, 0) is 0 Å². The number of hydrogen-bond donors (Lipinski definition) is 4. The molecule has 1 aromatic heterocycles. The third kappa shape index (κ3) is 3.98. The van der Waals surface area contributed by atoms with Gasteiger partial charge in [-0.1, -0.05) is 5.16 Å². The molecule has 0 atom stereocenters. The monoisotopic (exact) mass is 305 g/mol. The molecule has 0 fully saturated rings. The van der Waals surface area contributed by atoms with Crippen LogP contribution in [0.25, 0.3) is 0 Å². The van der Waals surface area contributed by atoms with Crippen molar-refractivity contribution in [1.29, 1.82) is 0 Å². The van der Waals surface area contributed by atoms with Crippen LogP contribution in [0.15, 0.2) is 28.8 Å². The van der Waals surface area contributed by atoms with E-state index in [0.29, 0.717) is 5.76 Å². The Morgan fingerprint density at radius 2 is 1.64 bits per heavy atom. The van der Waals surface area contributed by atoms with Crippen LogP contribution >= 0.6 is 0 Å². The van der Waals surface area contributed by atoms with Crippen molar-refractivity contribution in [3.63, 3.8) is 0 Å². The largest absolute Gasteiger partial charge is 0.508 e. The highest BCUT2D eigenvalue weighted by molar-refractivity contribution is 5.95. The number of hydrogen-bond acceptors (Lipinski definition) is 6. The van der Waals surface area contributed by atoms with Crippen molar-refractivity contribution in [3.05, 3.63) is 41.3 Å². The van der Waals surface area contributed by atoms with E-state index >= 15 is 0 Å². The maximum atomic E-state index is 11.8. The molecule has 8 heteroatoms. The lowest BCUT2D eigenvalue weighted by Gasteiger charge is -2.07. The van der Waals surface area contributed by atoms with Gasteiger partial charge in [-0.2, -0.15) is 0 Å². The highest BCUT2D eigenvalue weighted by Gasteiger charge is 2.11. The SMILES string of the molecule is Cc1cc(C(=O)NCCNC(=O)c2cc(O)cc(O)c2)no1. The summed E-state index contributed by atoms with van der Waals surface area (Å²) >= 11 is 0. The molecule has 1 heterocycles. The number of phenolic OH excluding ortho intramolecular Hbond substituents is 2. The molecule has 0 aliphatic rings. The van der Waals surface area contributed by atoms with Crippen LogP contribution < -0.4 is 10.6 Å². The summed E-state index contributed by atoms with van der Waals surface area (Å²) in [5, 5.41) is 27.3. The third-order valence-corrected chi connectivity index (χ3v) is 2.72. The van der Waals surface area contributed by atoms with Gasteiger partial charge in [0, 0.05) is 30.8 Å². The zero-order valence-electron chi connectivity index (χ0n) is 11.8. The Bertz CT molecular complexity index is 675. The fourth-order valence-corrected chi connectivity index (χ4v) is 1.74. The van der Waals surface area contributed by atoms with Crippen molar-refractivity contribution in [3.8, 4) is 11.5 Å². The first-order chi connectivity index (χ1) is 10.5. The molecule has 0 aliphatic carbocycles. The van der Waals surface area contributed by atoms with Gasteiger partial charge in [0.05, 0.1) is 0 Å². The molecule has 4 N–H and O–H groups in total. The number of aromatic nitrogens is 1. The quantitative estimate of drug-likeness (QED) is 0.598. The van der Waals surface area contributed by atoms with Crippen molar-refractivity contribution < 1.29 is 24.3 Å². The predicted octanol–water partition coefficient (Wildman–Crippen LogP) is 0.554. The van der Waals surface area contributed by atoms with Gasteiger partial charge in [-0.25, -0.2) is 0 Å². The molecule has 1 aromatic carbocycles. The molecule has 0 saturated carbocycles. The molecular formula is C14H15N3O5. The lowest BCUT2D eigenvalue weighted by Crippen LogP contribution is -2.34. The van der Waals surface area contributed by atoms with Gasteiger partial charge >= 0.3 is 0 Å². The van der Waals surface area contributed by atoms with E-state index < -0.39 is 11.8 Å². The summed E-state index contributed by atoms with van der Waals surface area (Å²) in [5.74, 6) is -0.763. The number of carbonyl (C=O) groups excluding carboxylic acids is 2. The number of phenols is 2. The fourth-order valence-electron chi connectivity index (χ4n) is 1.74. The standard InChI is InChI=1S/C14H15N3O5/c1-8-4-12(17-22-8)14(21)16-3-2-15-13(20)9-5-10(18)7-11(19)6-9/h4-7,18-19H,2-3H2,1H3,(H,15,20)(H,16,21). The Morgan fingerprint density at radius 1 is 1.05 bits per heavy atom. The molecule has 8 nitrogen and oxygen atoms in total. The van der Waals surface area contributed by atoms with E-state index in [1.54, 1.807) is 6.92 Å². The van der Waals surface area contributed by atoms with Crippen molar-refractivity contribution in [2.75, 3.05) is 13.1 Å². The summed E-state index contributed by atoms with van der Waals surface area (Å²) in [6.07, 6.45) is 0. The zero-order chi connectivity index (χ0) is 16.1. The van der Waals surface area contributed by atoms with Crippen LogP contribution in [0.4, 0.5) is 0 Å². The average molecular weight is 305 g/mol. The summed E-state index contributed by atoms with van der Waals surface area (Å²) in [7, 11) is 0. The maximum absolute atomic E-state index is 11.8. The van der Waals surface area contributed by atoms with E-state index in [1.165, 1.54) is 18.2 Å². The van der Waals surface area contributed by atoms with Gasteiger partial charge in [0.25, 0.3) is 11.8 Å². The molecule has 2 aromatic rings. The van der Waals surface area contributed by atoms with Crippen LogP contribution in [0.5, 0.6) is 11.5 Å². The molecule has 0 unspecified atom stereocenters. The van der Waals surface area contributed by atoms with Crippen molar-refractivity contribution in [2.24, 2.45) is 0 Å². The van der Waals surface area contributed by atoms with E-state index in [2.05, 4.69) is 15.8 Å². The Labute approximate surface area is 125 Å². The molecular weight excluding hydrogens is 290 g/mol. The first-order valence-corrected chi connectivity index (χ1v) is 6.48. The van der Waals surface area contributed by atoms with Gasteiger partial charge in [0.2, 0.25) is 0 Å². The normalized spacial score (nSPS) is 10.2. The fraction of sp³-hybridized carbons (Fsp3) is 0.214. The zero-order valence-corrected chi connectivity index (χ0v) is 11.8. The number of nitrogens with one attached hydrogen (secondary N) is 2. The number of aromatic hydroxyl groups is 2. The lowest BCUT2D eigenvalue weighted by molar-refractivity contribution is 0.0922. The molecule has 0 spiro atoms. The topological polar surface area (TPSA) is 125 Å². The predicted molar refractivity (Wildman–Crippen MR) is 75.7 cm³/mol. The van der Waals surface area contributed by atoms with Crippen LogP contribution in [-0.4, -0.2) is 40.3 Å². The number of aryl methyl sites for hydroxylation is 1. The maximum Gasteiger partial charge on any atom is 0.273 e. The summed E-state index contributed by atoms with van der Waals surface area (Å²) in [4.78, 5) is 23.4. The number of amides is 2. The molecule has 0 saturated heterocycles. The van der Waals surface area contributed by atoms with Gasteiger partial charge < -0.3 is 25.4 Å². The Hall–Kier alpha value is -3.03. The van der Waals surface area contributed by atoms with E-state index in [4.69, 9.17) is 4.52 Å². The second kappa shape index (κ2) is 6.61. The second-order valence-corrected chi connectivity index (χ2v) is 4.57. The highest BCUT2D eigenvalue weighted by Crippen LogP contribution is 2.20. The summed E-state index contributed by atoms with van der Waals surface area (Å²) in [6, 6.07) is 5.08. The number of rotatable bonds is 5. The Kier molecular flexibility index (Phi) is 4.62. The minimum atomic E-state index is -0.474. The molecule has 2 amide bonds. The van der Waals surface area contributed by atoms with Crippen LogP contribution in [0.3, 0.4) is 0 Å². The number of carbonyl (C=O) groups is 2. The van der Waals surface area contributed by atoms with Crippen molar-refractivity contribution >= 4 is 11.8 Å². The average Bonchev–Trinajstić information content (AvgIpc) is 2.88. The molecule has 0 aliphatic heterocycles. The lowest BCUT2D eigenvalue weighted by atomic mass is 10.2. The summed E-state index contributed by atoms with van der Waals surface area (Å²) < 4.78 is 4.78. The van der Waals surface area contributed by atoms with Crippen LogP contribution in [0.2, 0.25) is 0 Å². The van der Waals surface area contributed by atoms with Gasteiger partial charge in [-0.15, -0.1) is 0 Å². The Morgan fingerprint density at radius 3 is 2.18 bits per heavy atom. The first-order valence-electron chi connectivity index (χ1n) is 6.48. The van der Waals surface area contributed by atoms with Gasteiger partial charge in [0.1, 0.15) is 17.3 Å². The highest BCUT2D eigenvalue weighted by atomic mass is 16.5. The molecule has 0 radical (unpaired) electrons. The third-order valence-electron chi connectivity index (χ3n) is 2.72. The minimum absolute atomic E-state index is 0.121. The number of nitrogens with zero attached hydrogens (tertiary/aromatic N) is 1.